The van der Waals surface area contributed by atoms with Crippen LogP contribution in [0.2, 0.25) is 0 Å². The molecule has 0 aliphatic rings. The molecule has 0 amide bonds. The number of ether oxygens (including phenoxy) is 2. The van der Waals surface area contributed by atoms with Gasteiger partial charge in [-0.25, -0.2) is 9.59 Å². The topological polar surface area (TPSA) is 64.6 Å². The smallest absolute Gasteiger partial charge is 0.347 e. The Hall–Kier alpha value is -2.56. The summed E-state index contributed by atoms with van der Waals surface area (Å²) in [7, 11) is 4.09. The van der Waals surface area contributed by atoms with Crippen LogP contribution >= 0.6 is 0 Å². The molecule has 0 heterocycles. The third kappa shape index (κ3) is 4.72. The number of nitrogens with one attached hydrogen (secondary N) is 1. The van der Waals surface area contributed by atoms with Crippen LogP contribution < -0.4 is 5.32 Å². The number of methoxy groups -OCH3 is 2. The van der Waals surface area contributed by atoms with E-state index < -0.39 is 11.9 Å². The number of hydrogen-bond donors (Lipinski definition) is 1. The summed E-state index contributed by atoms with van der Waals surface area (Å²) in [5.41, 5.74) is 1.95. The van der Waals surface area contributed by atoms with Gasteiger partial charge in [0, 0.05) is 7.05 Å². The molecule has 0 bridgehead atoms. The molecule has 0 aromatic heterocycles. The second kappa shape index (κ2) is 8.34. The van der Waals surface area contributed by atoms with Crippen LogP contribution in [0.4, 0.5) is 0 Å². The van der Waals surface area contributed by atoms with Gasteiger partial charge in [0.2, 0.25) is 0 Å². The van der Waals surface area contributed by atoms with Gasteiger partial charge in [-0.15, -0.1) is 0 Å². The minimum absolute atomic E-state index is 0.166. The molecular weight excluding hydrogens is 306 g/mol. The largest absolute Gasteiger partial charge is 0.465 e. The van der Waals surface area contributed by atoms with Gasteiger partial charge >= 0.3 is 11.9 Å². The van der Waals surface area contributed by atoms with E-state index in [0.29, 0.717) is 5.70 Å². The minimum atomic E-state index is -0.747. The van der Waals surface area contributed by atoms with Crippen LogP contribution in [0.1, 0.15) is 26.3 Å². The Morgan fingerprint density at radius 1 is 1.00 bits per heavy atom. The van der Waals surface area contributed by atoms with Crippen LogP contribution in [-0.2, 0) is 19.1 Å². The highest BCUT2D eigenvalue weighted by Gasteiger charge is 2.26. The standard InChI is InChI=1S/C19H25NO4/c1-19(2,3)14(13-10-8-7-9-11-13)12-15(20-4)16(17(21)23-5)18(22)24-6/h7-12,20H,1-6H3/b14-12+. The van der Waals surface area contributed by atoms with Crippen molar-refractivity contribution in [3.8, 4) is 0 Å². The van der Waals surface area contributed by atoms with Crippen LogP contribution in [0, 0.1) is 5.41 Å². The van der Waals surface area contributed by atoms with Gasteiger partial charge in [-0.2, -0.15) is 0 Å². The lowest BCUT2D eigenvalue weighted by atomic mass is 9.81. The van der Waals surface area contributed by atoms with E-state index in [9.17, 15) is 9.59 Å². The Balaban J connectivity index is 3.63. The summed E-state index contributed by atoms with van der Waals surface area (Å²) in [5, 5.41) is 2.91. The zero-order valence-corrected chi connectivity index (χ0v) is 15.1. The second-order valence-electron chi connectivity index (χ2n) is 6.20. The molecule has 0 unspecified atom stereocenters. The van der Waals surface area contributed by atoms with Crippen molar-refractivity contribution in [1.82, 2.24) is 5.32 Å². The third-order valence-electron chi connectivity index (χ3n) is 3.50. The number of carbonyl (C=O) groups excluding carboxylic acids is 2. The molecule has 0 atom stereocenters. The van der Waals surface area contributed by atoms with Crippen molar-refractivity contribution in [3.05, 3.63) is 53.2 Å². The maximum Gasteiger partial charge on any atom is 0.347 e. The van der Waals surface area contributed by atoms with Crippen molar-refractivity contribution in [3.63, 3.8) is 0 Å². The summed E-state index contributed by atoms with van der Waals surface area (Å²) in [4.78, 5) is 24.1. The molecule has 0 saturated heterocycles. The first-order chi connectivity index (χ1) is 11.3. The molecule has 1 rings (SSSR count). The maximum absolute atomic E-state index is 12.0. The van der Waals surface area contributed by atoms with Crippen molar-refractivity contribution in [2.24, 2.45) is 5.41 Å². The highest BCUT2D eigenvalue weighted by Crippen LogP contribution is 2.35. The fourth-order valence-electron chi connectivity index (χ4n) is 2.27. The molecule has 0 saturated carbocycles. The highest BCUT2D eigenvalue weighted by molar-refractivity contribution is 6.15. The van der Waals surface area contributed by atoms with Crippen LogP contribution in [0.3, 0.4) is 0 Å². The van der Waals surface area contributed by atoms with E-state index in [-0.39, 0.29) is 11.0 Å². The summed E-state index contributed by atoms with van der Waals surface area (Å²) in [6, 6.07) is 9.80. The monoisotopic (exact) mass is 331 g/mol. The summed E-state index contributed by atoms with van der Waals surface area (Å²) in [5.74, 6) is -1.49. The SMILES string of the molecule is CNC(/C=C(\c1ccccc1)C(C)(C)C)=C(C(=O)OC)C(=O)OC. The molecule has 5 nitrogen and oxygen atoms in total. The van der Waals surface area contributed by atoms with Gasteiger partial charge in [0.1, 0.15) is 0 Å². The van der Waals surface area contributed by atoms with Gasteiger partial charge in [-0.3, -0.25) is 0 Å². The van der Waals surface area contributed by atoms with Crippen molar-refractivity contribution >= 4 is 17.5 Å². The second-order valence-corrected chi connectivity index (χ2v) is 6.20. The number of benzene rings is 1. The van der Waals surface area contributed by atoms with E-state index >= 15 is 0 Å². The molecule has 5 heteroatoms. The lowest BCUT2D eigenvalue weighted by Crippen LogP contribution is -2.23. The quantitative estimate of drug-likeness (QED) is 0.295. The number of hydrogen-bond acceptors (Lipinski definition) is 5. The Morgan fingerprint density at radius 3 is 1.88 bits per heavy atom. The summed E-state index contributed by atoms with van der Waals surface area (Å²) in [6.07, 6.45) is 1.79. The lowest BCUT2D eigenvalue weighted by Gasteiger charge is -2.24. The van der Waals surface area contributed by atoms with Crippen molar-refractivity contribution in [2.75, 3.05) is 21.3 Å². The zero-order valence-electron chi connectivity index (χ0n) is 15.1. The average Bonchev–Trinajstić information content (AvgIpc) is 2.57. The number of allylic oxidation sites excluding steroid dienone is 2. The molecule has 1 aromatic carbocycles. The summed E-state index contributed by atoms with van der Waals surface area (Å²) in [6.45, 7) is 6.19. The van der Waals surface area contributed by atoms with Gasteiger partial charge in [-0.05, 0) is 22.6 Å². The number of carbonyl (C=O) groups is 2. The number of esters is 2. The minimum Gasteiger partial charge on any atom is -0.465 e. The van der Waals surface area contributed by atoms with Crippen molar-refractivity contribution < 1.29 is 19.1 Å². The summed E-state index contributed by atoms with van der Waals surface area (Å²) >= 11 is 0. The molecule has 24 heavy (non-hydrogen) atoms. The van der Waals surface area contributed by atoms with E-state index in [1.54, 1.807) is 13.1 Å². The first-order valence-electron chi connectivity index (χ1n) is 7.62. The predicted octanol–water partition coefficient (Wildman–Crippen LogP) is 2.94. The molecule has 1 aromatic rings. The normalized spacial score (nSPS) is 11.5. The Labute approximate surface area is 143 Å². The molecule has 0 aliphatic carbocycles. The van der Waals surface area contributed by atoms with Crippen LogP contribution in [0.15, 0.2) is 47.7 Å². The van der Waals surface area contributed by atoms with Gasteiger partial charge in [0.15, 0.2) is 5.57 Å². The number of likely N-dealkylation sites (N-methyl/N-ethyl adjacent to an activating group) is 1. The third-order valence-corrected chi connectivity index (χ3v) is 3.50. The van der Waals surface area contributed by atoms with Gasteiger partial charge in [0.25, 0.3) is 0 Å². The first-order valence-corrected chi connectivity index (χ1v) is 7.62. The lowest BCUT2D eigenvalue weighted by molar-refractivity contribution is -0.144. The molecule has 0 aliphatic heterocycles. The van der Waals surface area contributed by atoms with E-state index in [1.165, 1.54) is 14.2 Å². The molecule has 0 radical (unpaired) electrons. The fraction of sp³-hybridized carbons (Fsp3) is 0.368. The Morgan fingerprint density at radius 2 is 1.50 bits per heavy atom. The van der Waals surface area contributed by atoms with Crippen molar-refractivity contribution in [1.29, 1.82) is 0 Å². The van der Waals surface area contributed by atoms with Gasteiger partial charge in [-0.1, -0.05) is 51.1 Å². The Kier molecular flexibility index (Phi) is 6.77. The van der Waals surface area contributed by atoms with Crippen LogP contribution in [0.25, 0.3) is 5.57 Å². The molecule has 130 valence electrons. The molecular formula is C19H25NO4. The fourth-order valence-corrected chi connectivity index (χ4v) is 2.27. The molecule has 0 spiro atoms. The van der Waals surface area contributed by atoms with E-state index in [0.717, 1.165) is 11.1 Å². The molecule has 1 N–H and O–H groups in total. The van der Waals surface area contributed by atoms with Crippen LogP contribution in [0.5, 0.6) is 0 Å². The van der Waals surface area contributed by atoms with E-state index in [2.05, 4.69) is 26.1 Å². The van der Waals surface area contributed by atoms with Crippen LogP contribution in [-0.4, -0.2) is 33.2 Å². The van der Waals surface area contributed by atoms with Gasteiger partial charge < -0.3 is 14.8 Å². The first kappa shape index (κ1) is 19.5. The summed E-state index contributed by atoms with van der Waals surface area (Å²) < 4.78 is 9.45. The molecule has 0 fully saturated rings. The average molecular weight is 331 g/mol. The van der Waals surface area contributed by atoms with Gasteiger partial charge in [0.05, 0.1) is 19.9 Å². The van der Waals surface area contributed by atoms with E-state index in [1.807, 2.05) is 30.3 Å². The maximum atomic E-state index is 12.0. The zero-order chi connectivity index (χ0) is 18.3. The van der Waals surface area contributed by atoms with Crippen molar-refractivity contribution in [2.45, 2.75) is 20.8 Å². The predicted molar refractivity (Wildman–Crippen MR) is 94.0 cm³/mol. The Bertz CT molecular complexity index is 634. The van der Waals surface area contributed by atoms with E-state index in [4.69, 9.17) is 9.47 Å². The number of rotatable bonds is 5. The highest BCUT2D eigenvalue weighted by atomic mass is 16.5.